The number of thiazole rings is 1. The van der Waals surface area contributed by atoms with Gasteiger partial charge < -0.3 is 15.0 Å². The van der Waals surface area contributed by atoms with Crippen LogP contribution < -0.4 is 5.32 Å². The van der Waals surface area contributed by atoms with Crippen LogP contribution in [0, 0.1) is 5.92 Å². The van der Waals surface area contributed by atoms with Crippen LogP contribution in [-0.4, -0.2) is 47.3 Å². The van der Waals surface area contributed by atoms with Gasteiger partial charge >= 0.3 is 6.09 Å². The van der Waals surface area contributed by atoms with Crippen LogP contribution in [0.2, 0.25) is 0 Å². The number of nitrogens with zero attached hydrogens (tertiary/aromatic N) is 2. The SMILES string of the molecule is CCNC(Cc1cncs1)C1CCN(C(=O)OC(C)(C)C)C1. The third-order valence-corrected chi connectivity index (χ3v) is 4.62. The molecule has 6 heteroatoms. The second kappa shape index (κ2) is 7.42. The highest BCUT2D eigenvalue weighted by atomic mass is 32.1. The molecule has 0 bridgehead atoms. The molecule has 0 saturated carbocycles. The van der Waals surface area contributed by atoms with Crippen LogP contribution in [0.4, 0.5) is 4.79 Å². The third kappa shape index (κ3) is 4.95. The smallest absolute Gasteiger partial charge is 0.410 e. The van der Waals surface area contributed by atoms with Gasteiger partial charge in [0.05, 0.1) is 5.51 Å². The van der Waals surface area contributed by atoms with Gasteiger partial charge in [0.15, 0.2) is 0 Å². The summed E-state index contributed by atoms with van der Waals surface area (Å²) in [7, 11) is 0. The Morgan fingerprint density at radius 3 is 2.95 bits per heavy atom. The summed E-state index contributed by atoms with van der Waals surface area (Å²) in [6.45, 7) is 10.3. The maximum Gasteiger partial charge on any atom is 0.410 e. The van der Waals surface area contributed by atoms with Crippen LogP contribution >= 0.6 is 11.3 Å². The number of hydrogen-bond donors (Lipinski definition) is 1. The first-order valence-electron chi connectivity index (χ1n) is 7.97. The van der Waals surface area contributed by atoms with Crippen molar-refractivity contribution in [1.29, 1.82) is 0 Å². The van der Waals surface area contributed by atoms with E-state index in [4.69, 9.17) is 4.74 Å². The molecule has 1 aliphatic heterocycles. The highest BCUT2D eigenvalue weighted by molar-refractivity contribution is 7.09. The van der Waals surface area contributed by atoms with Gasteiger partial charge in [0.1, 0.15) is 5.60 Å². The summed E-state index contributed by atoms with van der Waals surface area (Å²) in [5.74, 6) is 0.467. The van der Waals surface area contributed by atoms with Gasteiger partial charge in [-0.3, -0.25) is 4.98 Å². The Bertz CT molecular complexity index is 470. The number of rotatable bonds is 5. The molecule has 22 heavy (non-hydrogen) atoms. The third-order valence-electron chi connectivity index (χ3n) is 3.82. The molecule has 0 radical (unpaired) electrons. The molecule has 2 rings (SSSR count). The molecule has 2 heterocycles. The fourth-order valence-electron chi connectivity index (χ4n) is 2.84. The summed E-state index contributed by atoms with van der Waals surface area (Å²) in [6.07, 6.45) is 3.75. The Hall–Kier alpha value is -1.14. The van der Waals surface area contributed by atoms with Crippen LogP contribution in [0.3, 0.4) is 0 Å². The van der Waals surface area contributed by atoms with Gasteiger partial charge in [-0.1, -0.05) is 6.92 Å². The second-order valence-electron chi connectivity index (χ2n) is 6.81. The van der Waals surface area contributed by atoms with Gasteiger partial charge in [-0.25, -0.2) is 4.79 Å². The van der Waals surface area contributed by atoms with Crippen molar-refractivity contribution in [1.82, 2.24) is 15.2 Å². The van der Waals surface area contributed by atoms with Crippen molar-refractivity contribution in [3.8, 4) is 0 Å². The van der Waals surface area contributed by atoms with Gasteiger partial charge in [0.25, 0.3) is 0 Å². The molecule has 0 spiro atoms. The van der Waals surface area contributed by atoms with Crippen LogP contribution in [0.15, 0.2) is 11.7 Å². The van der Waals surface area contributed by atoms with E-state index in [1.165, 1.54) is 4.88 Å². The first-order chi connectivity index (χ1) is 10.4. The van der Waals surface area contributed by atoms with E-state index in [1.54, 1.807) is 11.3 Å². The summed E-state index contributed by atoms with van der Waals surface area (Å²) < 4.78 is 5.47. The Labute approximate surface area is 137 Å². The minimum absolute atomic E-state index is 0.192. The molecule has 2 atom stereocenters. The van der Waals surface area contributed by atoms with Crippen molar-refractivity contribution < 1.29 is 9.53 Å². The fraction of sp³-hybridized carbons (Fsp3) is 0.750. The molecule has 1 aliphatic rings. The predicted octanol–water partition coefficient (Wildman–Crippen LogP) is 2.92. The molecule has 1 aromatic rings. The molecule has 1 aromatic heterocycles. The number of likely N-dealkylation sites (N-methyl/N-ethyl adjacent to an activating group) is 1. The lowest BCUT2D eigenvalue weighted by Crippen LogP contribution is -2.41. The number of likely N-dealkylation sites (tertiary alicyclic amines) is 1. The molecular weight excluding hydrogens is 298 g/mol. The van der Waals surface area contributed by atoms with Crippen molar-refractivity contribution in [2.45, 2.75) is 52.2 Å². The lowest BCUT2D eigenvalue weighted by Gasteiger charge is -2.26. The summed E-state index contributed by atoms with van der Waals surface area (Å²) >= 11 is 1.69. The highest BCUT2D eigenvalue weighted by Crippen LogP contribution is 2.24. The maximum absolute atomic E-state index is 12.2. The predicted molar refractivity (Wildman–Crippen MR) is 89.2 cm³/mol. The van der Waals surface area contributed by atoms with Gasteiger partial charge in [-0.2, -0.15) is 0 Å². The maximum atomic E-state index is 12.2. The highest BCUT2D eigenvalue weighted by Gasteiger charge is 2.33. The topological polar surface area (TPSA) is 54.5 Å². The Balaban J connectivity index is 1.92. The number of amides is 1. The Morgan fingerprint density at radius 2 is 2.36 bits per heavy atom. The van der Waals surface area contributed by atoms with E-state index in [2.05, 4.69) is 17.2 Å². The molecule has 1 N–H and O–H groups in total. The quantitative estimate of drug-likeness (QED) is 0.904. The van der Waals surface area contributed by atoms with E-state index in [0.29, 0.717) is 12.0 Å². The fourth-order valence-corrected chi connectivity index (χ4v) is 3.49. The summed E-state index contributed by atoms with van der Waals surface area (Å²) in [4.78, 5) is 19.5. The number of carbonyl (C=O) groups is 1. The van der Waals surface area contributed by atoms with E-state index in [1.807, 2.05) is 37.4 Å². The van der Waals surface area contributed by atoms with Crippen molar-refractivity contribution in [2.24, 2.45) is 5.92 Å². The molecule has 1 amide bonds. The first kappa shape index (κ1) is 17.2. The molecule has 0 aliphatic carbocycles. The molecule has 5 nitrogen and oxygen atoms in total. The van der Waals surface area contributed by atoms with Crippen molar-refractivity contribution in [2.75, 3.05) is 19.6 Å². The minimum atomic E-state index is -0.432. The van der Waals surface area contributed by atoms with Crippen LogP contribution in [0.1, 0.15) is 39.0 Å². The molecule has 2 unspecified atom stereocenters. The zero-order valence-corrected chi connectivity index (χ0v) is 14.8. The van der Waals surface area contributed by atoms with Crippen LogP contribution in [0.5, 0.6) is 0 Å². The van der Waals surface area contributed by atoms with Crippen molar-refractivity contribution in [3.63, 3.8) is 0 Å². The summed E-state index contributed by atoms with van der Waals surface area (Å²) in [5, 5.41) is 3.57. The van der Waals surface area contributed by atoms with E-state index >= 15 is 0 Å². The van der Waals surface area contributed by atoms with Gasteiger partial charge in [0.2, 0.25) is 0 Å². The first-order valence-corrected chi connectivity index (χ1v) is 8.85. The molecular formula is C16H27N3O2S. The van der Waals surface area contributed by atoms with Gasteiger partial charge in [-0.15, -0.1) is 11.3 Å². The van der Waals surface area contributed by atoms with Crippen molar-refractivity contribution in [3.05, 3.63) is 16.6 Å². The average molecular weight is 325 g/mol. The number of aromatic nitrogens is 1. The molecule has 1 fully saturated rings. The van der Waals surface area contributed by atoms with Crippen LogP contribution in [-0.2, 0) is 11.2 Å². The average Bonchev–Trinajstić information content (AvgIpc) is 3.07. The van der Waals surface area contributed by atoms with E-state index in [0.717, 1.165) is 32.5 Å². The normalized spacial score (nSPS) is 20.2. The number of hydrogen-bond acceptors (Lipinski definition) is 5. The number of carbonyl (C=O) groups excluding carboxylic acids is 1. The standard InChI is InChI=1S/C16H27N3O2S/c1-5-18-14(8-13-9-17-11-22-13)12-6-7-19(10-12)15(20)21-16(2,3)4/h9,11-12,14,18H,5-8,10H2,1-4H3. The summed E-state index contributed by atoms with van der Waals surface area (Å²) in [5.41, 5.74) is 1.44. The Kier molecular flexibility index (Phi) is 5.81. The molecule has 124 valence electrons. The lowest BCUT2D eigenvalue weighted by molar-refractivity contribution is 0.0285. The van der Waals surface area contributed by atoms with Crippen molar-refractivity contribution >= 4 is 17.4 Å². The van der Waals surface area contributed by atoms with Gasteiger partial charge in [-0.05, 0) is 46.1 Å². The van der Waals surface area contributed by atoms with Gasteiger partial charge in [0, 0.05) is 30.2 Å². The second-order valence-corrected chi connectivity index (χ2v) is 7.78. The monoisotopic (exact) mass is 325 g/mol. The van der Waals surface area contributed by atoms with E-state index in [-0.39, 0.29) is 6.09 Å². The largest absolute Gasteiger partial charge is 0.444 e. The summed E-state index contributed by atoms with van der Waals surface area (Å²) in [6, 6.07) is 0.387. The minimum Gasteiger partial charge on any atom is -0.444 e. The van der Waals surface area contributed by atoms with E-state index < -0.39 is 5.60 Å². The lowest BCUT2D eigenvalue weighted by atomic mass is 9.95. The number of nitrogens with one attached hydrogen (secondary N) is 1. The van der Waals surface area contributed by atoms with E-state index in [9.17, 15) is 4.79 Å². The molecule has 0 aromatic carbocycles. The Morgan fingerprint density at radius 1 is 1.59 bits per heavy atom. The molecule has 1 saturated heterocycles. The van der Waals surface area contributed by atoms with Crippen LogP contribution in [0.25, 0.3) is 0 Å². The zero-order chi connectivity index (χ0) is 16.2. The number of ether oxygens (including phenoxy) is 1. The zero-order valence-electron chi connectivity index (χ0n) is 14.0.